The van der Waals surface area contributed by atoms with Gasteiger partial charge >= 0.3 is 0 Å². The van der Waals surface area contributed by atoms with E-state index in [1.165, 1.54) is 10.8 Å². The third kappa shape index (κ3) is 8.44. The summed E-state index contributed by atoms with van der Waals surface area (Å²) in [6, 6.07) is 45.1. The van der Waals surface area contributed by atoms with Crippen molar-refractivity contribution in [1.29, 1.82) is 0 Å². The Hall–Kier alpha value is -3.88. The van der Waals surface area contributed by atoms with Gasteiger partial charge in [-0.25, -0.2) is 0 Å². The standard InChI is InChI=1S/C39H40O6/c1-40-39-38(44-26-31-17-9-4-10-18-31)37(43-27-32-21-22-33-19-11-12-20-34(33)23-32)36(42-25-30-15-7-3-8-16-30)35(45-39)28-41-24-29-13-5-2-6-14-29/h2-23,35-39H,24-28H2,1H3/t35-,36+,37+,38-,39+/m1/s1. The lowest BCUT2D eigenvalue weighted by Gasteiger charge is -2.45. The number of hydrogen-bond acceptors (Lipinski definition) is 6. The molecule has 5 atom stereocenters. The molecule has 6 rings (SSSR count). The molecule has 0 unspecified atom stereocenters. The molecule has 1 fully saturated rings. The van der Waals surface area contributed by atoms with Crippen molar-refractivity contribution < 1.29 is 28.4 Å². The van der Waals surface area contributed by atoms with Crippen molar-refractivity contribution in [2.45, 2.75) is 57.1 Å². The average molecular weight is 605 g/mol. The van der Waals surface area contributed by atoms with E-state index in [-0.39, 0.29) is 0 Å². The molecule has 1 heterocycles. The topological polar surface area (TPSA) is 55.4 Å². The first-order chi connectivity index (χ1) is 22.3. The van der Waals surface area contributed by atoms with Crippen LogP contribution in [0, 0.1) is 0 Å². The van der Waals surface area contributed by atoms with Crippen LogP contribution >= 0.6 is 0 Å². The molecule has 0 saturated carbocycles. The Labute approximate surface area is 265 Å². The molecule has 232 valence electrons. The first-order valence-corrected chi connectivity index (χ1v) is 15.5. The van der Waals surface area contributed by atoms with Gasteiger partial charge in [0.25, 0.3) is 0 Å². The minimum atomic E-state index is -0.683. The molecule has 45 heavy (non-hydrogen) atoms. The monoisotopic (exact) mass is 604 g/mol. The molecule has 0 aliphatic carbocycles. The Morgan fingerprint density at radius 3 is 1.62 bits per heavy atom. The zero-order valence-electron chi connectivity index (χ0n) is 25.6. The van der Waals surface area contributed by atoms with Gasteiger partial charge in [-0.15, -0.1) is 0 Å². The number of benzene rings is 5. The lowest BCUT2D eigenvalue weighted by Crippen LogP contribution is -2.61. The molecule has 0 amide bonds. The van der Waals surface area contributed by atoms with E-state index in [0.717, 1.165) is 22.3 Å². The average Bonchev–Trinajstić information content (AvgIpc) is 3.10. The van der Waals surface area contributed by atoms with Gasteiger partial charge in [-0.3, -0.25) is 0 Å². The van der Waals surface area contributed by atoms with Crippen LogP contribution in [0.25, 0.3) is 10.8 Å². The molecule has 0 radical (unpaired) electrons. The molecule has 0 N–H and O–H groups in total. The maximum absolute atomic E-state index is 6.78. The third-order valence-corrected chi connectivity index (χ3v) is 8.04. The Morgan fingerprint density at radius 1 is 0.489 bits per heavy atom. The second kappa shape index (κ2) is 15.9. The van der Waals surface area contributed by atoms with Crippen LogP contribution in [-0.2, 0) is 54.8 Å². The Balaban J connectivity index is 1.27. The second-order valence-electron chi connectivity index (χ2n) is 11.3. The smallest absolute Gasteiger partial charge is 0.186 e. The first kappa shape index (κ1) is 31.1. The van der Waals surface area contributed by atoms with Crippen molar-refractivity contribution in [3.8, 4) is 0 Å². The summed E-state index contributed by atoms with van der Waals surface area (Å²) in [5.41, 5.74) is 4.27. The van der Waals surface area contributed by atoms with Crippen LogP contribution in [0.2, 0.25) is 0 Å². The lowest BCUT2D eigenvalue weighted by molar-refractivity contribution is -0.323. The third-order valence-electron chi connectivity index (χ3n) is 8.04. The molecule has 6 heteroatoms. The molecule has 0 spiro atoms. The maximum atomic E-state index is 6.78. The Kier molecular flexibility index (Phi) is 11.0. The number of hydrogen-bond donors (Lipinski definition) is 0. The largest absolute Gasteiger partial charge is 0.374 e. The molecule has 1 saturated heterocycles. The fourth-order valence-corrected chi connectivity index (χ4v) is 5.69. The summed E-state index contributed by atoms with van der Waals surface area (Å²) in [7, 11) is 1.64. The van der Waals surface area contributed by atoms with E-state index in [9.17, 15) is 0 Å². The normalized spacial score (nSPS) is 21.6. The van der Waals surface area contributed by atoms with Crippen LogP contribution in [0.3, 0.4) is 0 Å². The summed E-state index contributed by atoms with van der Waals surface area (Å²) in [6.07, 6.45) is -2.69. The van der Waals surface area contributed by atoms with Crippen molar-refractivity contribution in [3.63, 3.8) is 0 Å². The van der Waals surface area contributed by atoms with E-state index in [1.54, 1.807) is 7.11 Å². The molecule has 5 aromatic carbocycles. The van der Waals surface area contributed by atoms with Crippen molar-refractivity contribution >= 4 is 10.8 Å². The fraction of sp³-hybridized carbons (Fsp3) is 0.282. The van der Waals surface area contributed by atoms with E-state index in [2.05, 4.69) is 54.6 Å². The van der Waals surface area contributed by atoms with Crippen molar-refractivity contribution in [3.05, 3.63) is 156 Å². The number of rotatable bonds is 14. The predicted octanol–water partition coefficient (Wildman–Crippen LogP) is 7.48. The molecular weight excluding hydrogens is 564 g/mol. The molecule has 1 aliphatic rings. The molecule has 0 bridgehead atoms. The molecule has 5 aromatic rings. The van der Waals surface area contributed by atoms with E-state index in [4.69, 9.17) is 28.4 Å². The van der Waals surface area contributed by atoms with Crippen molar-refractivity contribution in [2.75, 3.05) is 13.7 Å². The van der Waals surface area contributed by atoms with Crippen LogP contribution < -0.4 is 0 Å². The van der Waals surface area contributed by atoms with Crippen molar-refractivity contribution in [2.24, 2.45) is 0 Å². The highest BCUT2D eigenvalue weighted by molar-refractivity contribution is 5.82. The highest BCUT2D eigenvalue weighted by atomic mass is 16.7. The zero-order valence-corrected chi connectivity index (χ0v) is 25.6. The van der Waals surface area contributed by atoms with Crippen LogP contribution in [0.4, 0.5) is 0 Å². The van der Waals surface area contributed by atoms with Crippen LogP contribution in [0.5, 0.6) is 0 Å². The highest BCUT2D eigenvalue weighted by Gasteiger charge is 2.48. The van der Waals surface area contributed by atoms with Gasteiger partial charge in [0, 0.05) is 7.11 Å². The van der Waals surface area contributed by atoms with Crippen LogP contribution in [-0.4, -0.2) is 44.4 Å². The highest BCUT2D eigenvalue weighted by Crippen LogP contribution is 2.31. The van der Waals surface area contributed by atoms with Crippen LogP contribution in [0.15, 0.2) is 133 Å². The molecular formula is C39H40O6. The number of methoxy groups -OCH3 is 1. The van der Waals surface area contributed by atoms with Gasteiger partial charge in [0.1, 0.15) is 24.4 Å². The summed E-state index contributed by atoms with van der Waals surface area (Å²) in [6.45, 7) is 1.91. The fourth-order valence-electron chi connectivity index (χ4n) is 5.69. The van der Waals surface area contributed by atoms with E-state index in [1.807, 2.05) is 78.9 Å². The van der Waals surface area contributed by atoms with Crippen molar-refractivity contribution in [1.82, 2.24) is 0 Å². The zero-order chi connectivity index (χ0) is 30.7. The minimum Gasteiger partial charge on any atom is -0.374 e. The van der Waals surface area contributed by atoms with E-state index < -0.39 is 30.7 Å². The lowest BCUT2D eigenvalue weighted by atomic mass is 9.97. The van der Waals surface area contributed by atoms with Gasteiger partial charge in [-0.1, -0.05) is 127 Å². The Bertz CT molecular complexity index is 1580. The quantitative estimate of drug-likeness (QED) is 0.131. The molecule has 0 aromatic heterocycles. The van der Waals surface area contributed by atoms with Gasteiger partial charge in [0.15, 0.2) is 6.29 Å². The molecule has 6 nitrogen and oxygen atoms in total. The molecule has 1 aliphatic heterocycles. The van der Waals surface area contributed by atoms with Crippen LogP contribution in [0.1, 0.15) is 22.3 Å². The van der Waals surface area contributed by atoms with Gasteiger partial charge in [0.2, 0.25) is 0 Å². The minimum absolute atomic E-state index is 0.301. The SMILES string of the molecule is CO[C@H]1O[C@H](COCc2ccccc2)[C@H](OCc2ccccc2)[C@H](OCc2ccc3ccccc3c2)[C@H]1OCc1ccccc1. The first-order valence-electron chi connectivity index (χ1n) is 15.5. The Morgan fingerprint density at radius 2 is 1.00 bits per heavy atom. The van der Waals surface area contributed by atoms with Gasteiger partial charge in [-0.05, 0) is 39.1 Å². The summed E-state index contributed by atoms with van der Waals surface area (Å²) >= 11 is 0. The summed E-state index contributed by atoms with van der Waals surface area (Å²) in [4.78, 5) is 0. The summed E-state index contributed by atoms with van der Waals surface area (Å²) in [5.74, 6) is 0. The number of ether oxygens (including phenoxy) is 6. The summed E-state index contributed by atoms with van der Waals surface area (Å²) < 4.78 is 38.6. The summed E-state index contributed by atoms with van der Waals surface area (Å²) in [5, 5.41) is 2.36. The van der Waals surface area contributed by atoms with Gasteiger partial charge < -0.3 is 28.4 Å². The second-order valence-corrected chi connectivity index (χ2v) is 11.3. The maximum Gasteiger partial charge on any atom is 0.186 e. The predicted molar refractivity (Wildman–Crippen MR) is 174 cm³/mol. The van der Waals surface area contributed by atoms with Gasteiger partial charge in [-0.2, -0.15) is 0 Å². The number of fused-ring (bicyclic) bond motifs is 1. The van der Waals surface area contributed by atoms with Gasteiger partial charge in [0.05, 0.1) is 33.0 Å². The van der Waals surface area contributed by atoms with E-state index in [0.29, 0.717) is 33.0 Å². The van der Waals surface area contributed by atoms with E-state index >= 15 is 0 Å².